The quantitative estimate of drug-likeness (QED) is 0.707. The molecule has 0 saturated heterocycles. The molecular weight excluding hydrogens is 174 g/mol. The molecule has 1 aromatic rings. The van der Waals surface area contributed by atoms with Gasteiger partial charge in [0.2, 0.25) is 0 Å². The molecule has 2 nitrogen and oxygen atoms in total. The summed E-state index contributed by atoms with van der Waals surface area (Å²) in [7, 11) is 0. The molecular formula is C12H11NO. The molecule has 0 amide bonds. The summed E-state index contributed by atoms with van der Waals surface area (Å²) in [6, 6.07) is 9.93. The number of rotatable bonds is 2. The van der Waals surface area contributed by atoms with Crippen LogP contribution < -0.4 is 0 Å². The van der Waals surface area contributed by atoms with Crippen LogP contribution in [0.25, 0.3) is 0 Å². The molecule has 1 aliphatic rings. The lowest BCUT2D eigenvalue weighted by molar-refractivity contribution is -0.122. The van der Waals surface area contributed by atoms with E-state index in [1.54, 1.807) is 6.92 Å². The fraction of sp³-hybridized carbons (Fsp3) is 0.333. The first-order chi connectivity index (χ1) is 6.74. The Hall–Kier alpha value is -1.62. The molecule has 2 heteroatoms. The Labute approximate surface area is 83.2 Å². The normalized spacial score (nSPS) is 20.1. The van der Waals surface area contributed by atoms with Gasteiger partial charge < -0.3 is 0 Å². The van der Waals surface area contributed by atoms with Crippen LogP contribution in [0.3, 0.4) is 0 Å². The Morgan fingerprint density at radius 1 is 1.57 bits per heavy atom. The van der Waals surface area contributed by atoms with Crippen molar-refractivity contribution in [2.75, 3.05) is 0 Å². The highest BCUT2D eigenvalue weighted by Crippen LogP contribution is 2.36. The first-order valence-corrected chi connectivity index (χ1v) is 4.75. The highest BCUT2D eigenvalue weighted by molar-refractivity contribution is 5.91. The predicted molar refractivity (Wildman–Crippen MR) is 52.7 cm³/mol. The third-order valence-corrected chi connectivity index (χ3v) is 2.82. The van der Waals surface area contributed by atoms with Crippen molar-refractivity contribution in [3.8, 4) is 6.07 Å². The van der Waals surface area contributed by atoms with E-state index in [4.69, 9.17) is 5.26 Å². The van der Waals surface area contributed by atoms with Crippen molar-refractivity contribution in [1.82, 2.24) is 0 Å². The monoisotopic (exact) mass is 185 g/mol. The molecule has 1 aliphatic carbocycles. The van der Waals surface area contributed by atoms with E-state index in [2.05, 4.69) is 0 Å². The zero-order valence-corrected chi connectivity index (χ0v) is 8.03. The van der Waals surface area contributed by atoms with E-state index >= 15 is 0 Å². The first kappa shape index (κ1) is 8.96. The van der Waals surface area contributed by atoms with Gasteiger partial charge in [-0.2, -0.15) is 5.26 Å². The maximum atomic E-state index is 11.7. The number of hydrogen-bond donors (Lipinski definition) is 0. The highest BCUT2D eigenvalue weighted by Gasteiger charge is 2.33. The molecule has 0 fully saturated rings. The van der Waals surface area contributed by atoms with Crippen LogP contribution >= 0.6 is 0 Å². The average Bonchev–Trinajstić information content (AvgIpc) is 2.18. The summed E-state index contributed by atoms with van der Waals surface area (Å²) in [5.41, 5.74) is 2.36. The summed E-state index contributed by atoms with van der Waals surface area (Å²) >= 11 is 0. The fourth-order valence-electron chi connectivity index (χ4n) is 1.88. The van der Waals surface area contributed by atoms with Crippen LogP contribution in [0.2, 0.25) is 0 Å². The third-order valence-electron chi connectivity index (χ3n) is 2.82. The number of ketones is 1. The Morgan fingerprint density at radius 2 is 2.29 bits per heavy atom. The number of nitriles is 1. The maximum Gasteiger partial charge on any atom is 0.157 e. The molecule has 0 aliphatic heterocycles. The van der Waals surface area contributed by atoms with Crippen molar-refractivity contribution in [3.05, 3.63) is 35.4 Å². The van der Waals surface area contributed by atoms with Crippen molar-refractivity contribution < 1.29 is 4.79 Å². The first-order valence-electron chi connectivity index (χ1n) is 4.75. The van der Waals surface area contributed by atoms with Gasteiger partial charge in [-0.25, -0.2) is 0 Å². The van der Waals surface area contributed by atoms with E-state index in [0.717, 1.165) is 12.0 Å². The molecule has 0 heterocycles. The minimum absolute atomic E-state index is 0.0270. The van der Waals surface area contributed by atoms with Crippen LogP contribution in [-0.4, -0.2) is 5.78 Å². The van der Waals surface area contributed by atoms with E-state index in [0.29, 0.717) is 0 Å². The molecule has 0 aromatic heterocycles. The largest absolute Gasteiger partial charge is 0.298 e. The summed E-state index contributed by atoms with van der Waals surface area (Å²) in [5.74, 6) is -0.444. The Kier molecular flexibility index (Phi) is 2.09. The molecule has 0 spiro atoms. The van der Waals surface area contributed by atoms with Gasteiger partial charge in [0.05, 0.1) is 6.07 Å². The van der Waals surface area contributed by atoms with Crippen LogP contribution in [0.1, 0.15) is 24.0 Å². The second-order valence-corrected chi connectivity index (χ2v) is 3.71. The summed E-state index contributed by atoms with van der Waals surface area (Å²) < 4.78 is 0. The van der Waals surface area contributed by atoms with Crippen molar-refractivity contribution in [2.45, 2.75) is 19.3 Å². The van der Waals surface area contributed by atoms with Crippen molar-refractivity contribution in [3.63, 3.8) is 0 Å². The van der Waals surface area contributed by atoms with Gasteiger partial charge in [-0.15, -0.1) is 0 Å². The summed E-state index contributed by atoms with van der Waals surface area (Å²) in [5, 5.41) is 8.65. The highest BCUT2D eigenvalue weighted by atomic mass is 16.1. The minimum atomic E-state index is -0.478. The van der Waals surface area contributed by atoms with Gasteiger partial charge in [-0.3, -0.25) is 4.79 Å². The number of carbonyl (C=O) groups excluding carboxylic acids is 1. The van der Waals surface area contributed by atoms with Gasteiger partial charge in [0.1, 0.15) is 5.92 Å². The SMILES string of the molecule is CC(C#N)C(=O)C1Cc2ccccc21. The van der Waals surface area contributed by atoms with E-state index < -0.39 is 5.92 Å². The average molecular weight is 185 g/mol. The van der Waals surface area contributed by atoms with Gasteiger partial charge in [0, 0.05) is 5.92 Å². The molecule has 0 saturated carbocycles. The minimum Gasteiger partial charge on any atom is -0.298 e. The van der Waals surface area contributed by atoms with Gasteiger partial charge >= 0.3 is 0 Å². The van der Waals surface area contributed by atoms with E-state index in [1.165, 1.54) is 5.56 Å². The van der Waals surface area contributed by atoms with Crippen LogP contribution in [0.15, 0.2) is 24.3 Å². The summed E-state index contributed by atoms with van der Waals surface area (Å²) in [6.07, 6.45) is 0.807. The van der Waals surface area contributed by atoms with Gasteiger partial charge in [0.15, 0.2) is 5.78 Å². The standard InChI is InChI=1S/C12H11NO/c1-8(7-13)12(14)11-6-9-4-2-3-5-10(9)11/h2-5,8,11H,6H2,1H3. The molecule has 0 bridgehead atoms. The van der Waals surface area contributed by atoms with Gasteiger partial charge in [-0.1, -0.05) is 24.3 Å². The van der Waals surface area contributed by atoms with Crippen molar-refractivity contribution in [1.29, 1.82) is 5.26 Å². The fourth-order valence-corrected chi connectivity index (χ4v) is 1.88. The molecule has 0 radical (unpaired) electrons. The number of benzene rings is 1. The van der Waals surface area contributed by atoms with Crippen LogP contribution in [0, 0.1) is 17.2 Å². The second-order valence-electron chi connectivity index (χ2n) is 3.71. The van der Waals surface area contributed by atoms with Gasteiger partial charge in [-0.05, 0) is 24.5 Å². The van der Waals surface area contributed by atoms with Crippen molar-refractivity contribution >= 4 is 5.78 Å². The van der Waals surface area contributed by atoms with E-state index in [1.807, 2.05) is 30.3 Å². The lowest BCUT2D eigenvalue weighted by Crippen LogP contribution is -2.28. The molecule has 0 N–H and O–H groups in total. The van der Waals surface area contributed by atoms with Crippen LogP contribution in [-0.2, 0) is 11.2 Å². The van der Waals surface area contributed by atoms with E-state index in [9.17, 15) is 4.79 Å². The molecule has 14 heavy (non-hydrogen) atoms. The molecule has 2 rings (SSSR count). The third kappa shape index (κ3) is 1.22. The predicted octanol–water partition coefficient (Wildman–Crippen LogP) is 2.06. The molecule has 2 atom stereocenters. The zero-order chi connectivity index (χ0) is 10.1. The van der Waals surface area contributed by atoms with Crippen LogP contribution in [0.4, 0.5) is 0 Å². The Morgan fingerprint density at radius 3 is 2.93 bits per heavy atom. The topological polar surface area (TPSA) is 40.9 Å². The summed E-state index contributed by atoms with van der Waals surface area (Å²) in [4.78, 5) is 11.7. The lowest BCUT2D eigenvalue weighted by Gasteiger charge is -2.29. The molecule has 2 unspecified atom stereocenters. The zero-order valence-electron chi connectivity index (χ0n) is 8.03. The number of fused-ring (bicyclic) bond motifs is 1. The lowest BCUT2D eigenvalue weighted by atomic mass is 9.73. The number of carbonyl (C=O) groups is 1. The van der Waals surface area contributed by atoms with Crippen molar-refractivity contribution in [2.24, 2.45) is 5.92 Å². The van der Waals surface area contributed by atoms with Crippen LogP contribution in [0.5, 0.6) is 0 Å². The summed E-state index contributed by atoms with van der Waals surface area (Å²) in [6.45, 7) is 1.67. The number of nitrogens with zero attached hydrogens (tertiary/aromatic N) is 1. The second kappa shape index (κ2) is 3.26. The maximum absolute atomic E-state index is 11.7. The van der Waals surface area contributed by atoms with Gasteiger partial charge in [0.25, 0.3) is 0 Å². The number of hydrogen-bond acceptors (Lipinski definition) is 2. The Balaban J connectivity index is 2.21. The number of Topliss-reactive ketones (excluding diaryl/α,β-unsaturated/α-hetero) is 1. The Bertz CT molecular complexity index is 417. The smallest absolute Gasteiger partial charge is 0.157 e. The van der Waals surface area contributed by atoms with E-state index in [-0.39, 0.29) is 11.7 Å². The molecule has 1 aromatic carbocycles. The molecule has 70 valence electrons.